The molecule has 0 radical (unpaired) electrons. The van der Waals surface area contributed by atoms with E-state index in [0.717, 1.165) is 18.7 Å². The number of β-amino-alcohol motifs (C(OH)–C–C–N with tert-alkyl or cyclic N) is 1. The van der Waals surface area contributed by atoms with E-state index in [0.29, 0.717) is 18.5 Å². The van der Waals surface area contributed by atoms with E-state index in [1.807, 2.05) is 12.1 Å². The molecule has 1 aromatic heterocycles. The summed E-state index contributed by atoms with van der Waals surface area (Å²) in [4.78, 5) is 8.49. The summed E-state index contributed by atoms with van der Waals surface area (Å²) < 4.78 is 5.15. The van der Waals surface area contributed by atoms with E-state index in [4.69, 9.17) is 4.74 Å². The first-order chi connectivity index (χ1) is 8.60. The van der Waals surface area contributed by atoms with Gasteiger partial charge in [0.05, 0.1) is 13.2 Å². The lowest BCUT2D eigenvalue weighted by Gasteiger charge is -2.28. The molecule has 18 heavy (non-hydrogen) atoms. The Hall–Kier alpha value is -1.33. The SMILES string of the molecule is COc1cc(N2CC(O)CC2CN(C)C)ccn1. The van der Waals surface area contributed by atoms with Crippen LogP contribution < -0.4 is 9.64 Å². The molecule has 1 aliphatic rings. The minimum atomic E-state index is -0.255. The third-order valence-corrected chi connectivity index (χ3v) is 3.23. The second-order valence-electron chi connectivity index (χ2n) is 5.01. The van der Waals surface area contributed by atoms with Gasteiger partial charge in [0, 0.05) is 37.1 Å². The molecule has 1 aliphatic heterocycles. The van der Waals surface area contributed by atoms with E-state index in [-0.39, 0.29) is 6.10 Å². The van der Waals surface area contributed by atoms with Crippen molar-refractivity contribution in [1.29, 1.82) is 0 Å². The van der Waals surface area contributed by atoms with Crippen LogP contribution >= 0.6 is 0 Å². The van der Waals surface area contributed by atoms with Crippen molar-refractivity contribution in [2.75, 3.05) is 39.2 Å². The largest absolute Gasteiger partial charge is 0.481 e. The molecule has 0 aliphatic carbocycles. The van der Waals surface area contributed by atoms with Crippen LogP contribution in [0.15, 0.2) is 18.3 Å². The smallest absolute Gasteiger partial charge is 0.214 e. The highest BCUT2D eigenvalue weighted by atomic mass is 16.5. The maximum atomic E-state index is 9.86. The van der Waals surface area contributed by atoms with Crippen LogP contribution in [-0.2, 0) is 0 Å². The zero-order chi connectivity index (χ0) is 13.1. The lowest BCUT2D eigenvalue weighted by molar-refractivity contribution is 0.191. The Morgan fingerprint density at radius 2 is 2.33 bits per heavy atom. The fourth-order valence-corrected chi connectivity index (χ4v) is 2.49. The molecule has 1 aromatic rings. The van der Waals surface area contributed by atoms with Crippen molar-refractivity contribution in [3.63, 3.8) is 0 Å². The molecule has 0 saturated carbocycles. The van der Waals surface area contributed by atoms with Gasteiger partial charge in [0.2, 0.25) is 5.88 Å². The molecule has 0 spiro atoms. The van der Waals surface area contributed by atoms with Gasteiger partial charge in [0.25, 0.3) is 0 Å². The molecule has 1 fully saturated rings. The number of hydrogen-bond donors (Lipinski definition) is 1. The van der Waals surface area contributed by atoms with Gasteiger partial charge in [-0.1, -0.05) is 0 Å². The number of pyridine rings is 1. The van der Waals surface area contributed by atoms with Gasteiger partial charge in [0.15, 0.2) is 0 Å². The van der Waals surface area contributed by atoms with E-state index in [2.05, 4.69) is 28.9 Å². The van der Waals surface area contributed by atoms with Gasteiger partial charge in [-0.25, -0.2) is 4.98 Å². The van der Waals surface area contributed by atoms with Gasteiger partial charge in [-0.3, -0.25) is 0 Å². The topological polar surface area (TPSA) is 48.8 Å². The summed E-state index contributed by atoms with van der Waals surface area (Å²) >= 11 is 0. The lowest BCUT2D eigenvalue weighted by atomic mass is 10.2. The molecule has 1 N–H and O–H groups in total. The minimum absolute atomic E-state index is 0.255. The van der Waals surface area contributed by atoms with Crippen molar-refractivity contribution < 1.29 is 9.84 Å². The minimum Gasteiger partial charge on any atom is -0.481 e. The zero-order valence-electron chi connectivity index (χ0n) is 11.2. The summed E-state index contributed by atoms with van der Waals surface area (Å²) in [6.45, 7) is 1.60. The molecule has 5 nitrogen and oxygen atoms in total. The van der Waals surface area contributed by atoms with Gasteiger partial charge in [0.1, 0.15) is 0 Å². The molecule has 2 rings (SSSR count). The van der Waals surface area contributed by atoms with Gasteiger partial charge in [-0.2, -0.15) is 0 Å². The summed E-state index contributed by atoms with van der Waals surface area (Å²) in [6.07, 6.45) is 2.29. The Morgan fingerprint density at radius 3 is 3.00 bits per heavy atom. The van der Waals surface area contributed by atoms with Crippen LogP contribution in [0, 0.1) is 0 Å². The molecule has 1 saturated heterocycles. The van der Waals surface area contributed by atoms with Crippen molar-refractivity contribution in [2.45, 2.75) is 18.6 Å². The predicted octanol–water partition coefficient (Wildman–Crippen LogP) is 0.591. The number of ether oxygens (including phenoxy) is 1. The zero-order valence-corrected chi connectivity index (χ0v) is 11.2. The predicted molar refractivity (Wildman–Crippen MR) is 71.1 cm³/mol. The second kappa shape index (κ2) is 5.54. The monoisotopic (exact) mass is 251 g/mol. The number of rotatable bonds is 4. The van der Waals surface area contributed by atoms with Crippen molar-refractivity contribution in [3.05, 3.63) is 18.3 Å². The van der Waals surface area contributed by atoms with Gasteiger partial charge in [-0.15, -0.1) is 0 Å². The normalized spacial score (nSPS) is 23.7. The van der Waals surface area contributed by atoms with Gasteiger partial charge < -0.3 is 19.6 Å². The van der Waals surface area contributed by atoms with Crippen LogP contribution in [0.25, 0.3) is 0 Å². The maximum absolute atomic E-state index is 9.86. The first-order valence-corrected chi connectivity index (χ1v) is 6.19. The highest BCUT2D eigenvalue weighted by Crippen LogP contribution is 2.27. The van der Waals surface area contributed by atoms with Gasteiger partial charge in [-0.05, 0) is 26.6 Å². The van der Waals surface area contributed by atoms with E-state index in [1.54, 1.807) is 13.3 Å². The first-order valence-electron chi connectivity index (χ1n) is 6.19. The summed E-state index contributed by atoms with van der Waals surface area (Å²) in [7, 11) is 5.72. The van der Waals surface area contributed by atoms with E-state index >= 15 is 0 Å². The number of nitrogens with zero attached hydrogens (tertiary/aromatic N) is 3. The Balaban J connectivity index is 2.18. The van der Waals surface area contributed by atoms with Crippen LogP contribution in [0.5, 0.6) is 5.88 Å². The average molecular weight is 251 g/mol. The molecule has 0 bridgehead atoms. The van der Waals surface area contributed by atoms with Crippen LogP contribution in [0.1, 0.15) is 6.42 Å². The summed E-state index contributed by atoms with van der Waals surface area (Å²) in [5.74, 6) is 0.609. The quantitative estimate of drug-likeness (QED) is 0.849. The average Bonchev–Trinajstić information content (AvgIpc) is 2.69. The Bertz CT molecular complexity index is 398. The highest BCUT2D eigenvalue weighted by Gasteiger charge is 2.31. The third kappa shape index (κ3) is 2.91. The summed E-state index contributed by atoms with van der Waals surface area (Å²) in [6, 6.07) is 4.21. The Kier molecular flexibility index (Phi) is 4.04. The van der Waals surface area contributed by atoms with Crippen molar-refractivity contribution in [1.82, 2.24) is 9.88 Å². The summed E-state index contributed by atoms with van der Waals surface area (Å²) in [5, 5.41) is 9.86. The Labute approximate surface area is 108 Å². The van der Waals surface area contributed by atoms with Crippen LogP contribution in [0.2, 0.25) is 0 Å². The number of hydrogen-bond acceptors (Lipinski definition) is 5. The van der Waals surface area contributed by atoms with Crippen molar-refractivity contribution in [3.8, 4) is 5.88 Å². The van der Waals surface area contributed by atoms with Crippen molar-refractivity contribution in [2.24, 2.45) is 0 Å². The molecule has 5 heteroatoms. The number of aromatic nitrogens is 1. The standard InChI is InChI=1S/C13H21N3O2/c1-15(2)8-11-6-12(17)9-16(11)10-4-5-14-13(7-10)18-3/h4-5,7,11-12,17H,6,8-9H2,1-3H3. The molecule has 2 unspecified atom stereocenters. The number of likely N-dealkylation sites (N-methyl/N-ethyl adjacent to an activating group) is 1. The number of methoxy groups -OCH3 is 1. The van der Waals surface area contributed by atoms with Crippen LogP contribution in [-0.4, -0.2) is 61.4 Å². The molecule has 2 atom stereocenters. The number of aliphatic hydroxyl groups is 1. The molecule has 0 amide bonds. The van der Waals surface area contributed by atoms with Crippen LogP contribution in [0.4, 0.5) is 5.69 Å². The summed E-state index contributed by atoms with van der Waals surface area (Å²) in [5.41, 5.74) is 1.06. The maximum Gasteiger partial charge on any atom is 0.214 e. The fraction of sp³-hybridized carbons (Fsp3) is 0.615. The molecular weight excluding hydrogens is 230 g/mol. The van der Waals surface area contributed by atoms with E-state index in [1.165, 1.54) is 0 Å². The molecular formula is C13H21N3O2. The fourth-order valence-electron chi connectivity index (χ4n) is 2.49. The van der Waals surface area contributed by atoms with E-state index < -0.39 is 0 Å². The lowest BCUT2D eigenvalue weighted by Crippen LogP contribution is -2.37. The molecule has 0 aromatic carbocycles. The van der Waals surface area contributed by atoms with Crippen LogP contribution in [0.3, 0.4) is 0 Å². The van der Waals surface area contributed by atoms with Crippen molar-refractivity contribution >= 4 is 5.69 Å². The van der Waals surface area contributed by atoms with Gasteiger partial charge >= 0.3 is 0 Å². The number of anilines is 1. The second-order valence-corrected chi connectivity index (χ2v) is 5.01. The molecule has 2 heterocycles. The number of aliphatic hydroxyl groups excluding tert-OH is 1. The Morgan fingerprint density at radius 1 is 1.56 bits per heavy atom. The van der Waals surface area contributed by atoms with E-state index in [9.17, 15) is 5.11 Å². The first kappa shape index (κ1) is 13.1. The molecule has 100 valence electrons. The third-order valence-electron chi connectivity index (χ3n) is 3.23. The highest BCUT2D eigenvalue weighted by molar-refractivity contribution is 5.50.